The number of carbonyl (C=O) groups is 2. The Morgan fingerprint density at radius 2 is 2.08 bits per heavy atom. The number of hydrogen-bond donors (Lipinski definition) is 1. The van der Waals surface area contributed by atoms with Crippen molar-refractivity contribution in [3.05, 3.63) is 29.3 Å². The van der Waals surface area contributed by atoms with E-state index in [1.54, 1.807) is 0 Å². The van der Waals surface area contributed by atoms with Crippen molar-refractivity contribution in [3.63, 3.8) is 0 Å². The van der Waals surface area contributed by atoms with Crippen LogP contribution in [0.2, 0.25) is 0 Å². The van der Waals surface area contributed by atoms with Gasteiger partial charge in [-0.2, -0.15) is 0 Å². The molecule has 26 heavy (non-hydrogen) atoms. The molecule has 3 heterocycles. The molecule has 3 aliphatic heterocycles. The van der Waals surface area contributed by atoms with Crippen molar-refractivity contribution in [1.82, 2.24) is 9.80 Å². The first kappa shape index (κ1) is 17.3. The molecule has 0 aromatic heterocycles. The Bertz CT molecular complexity index is 706. The lowest BCUT2D eigenvalue weighted by molar-refractivity contribution is -0.144. The van der Waals surface area contributed by atoms with Crippen molar-refractivity contribution in [2.24, 2.45) is 0 Å². The van der Waals surface area contributed by atoms with Crippen LogP contribution in [0, 0.1) is 0 Å². The molecule has 0 bridgehead atoms. The largest absolute Gasteiger partial charge is 0.465 e. The molecule has 0 radical (unpaired) electrons. The lowest BCUT2D eigenvalue weighted by atomic mass is 9.98. The van der Waals surface area contributed by atoms with E-state index in [-0.39, 0.29) is 24.0 Å². The summed E-state index contributed by atoms with van der Waals surface area (Å²) in [5.41, 5.74) is 3.06. The number of nitrogens with one attached hydrogen (secondary N) is 1. The number of esters is 1. The maximum Gasteiger partial charge on any atom is 0.320 e. The molecule has 1 aromatic rings. The minimum absolute atomic E-state index is 0.127. The molecule has 1 N–H and O–H groups in total. The van der Waals surface area contributed by atoms with Gasteiger partial charge in [0.25, 0.3) is 5.91 Å². The Labute approximate surface area is 154 Å². The number of ether oxygens (including phenoxy) is 1. The Kier molecular flexibility index (Phi) is 4.85. The maximum absolute atomic E-state index is 13.3. The Morgan fingerprint density at radius 1 is 1.23 bits per heavy atom. The average Bonchev–Trinajstić information content (AvgIpc) is 3.24. The van der Waals surface area contributed by atoms with Gasteiger partial charge < -0.3 is 15.0 Å². The summed E-state index contributed by atoms with van der Waals surface area (Å²) in [4.78, 5) is 29.3. The molecular weight excluding hydrogens is 330 g/mol. The minimum atomic E-state index is -0.167. The lowest BCUT2D eigenvalue weighted by Crippen LogP contribution is -2.41. The van der Waals surface area contributed by atoms with Gasteiger partial charge in [-0.3, -0.25) is 14.5 Å². The predicted molar refractivity (Wildman–Crippen MR) is 99.3 cm³/mol. The third kappa shape index (κ3) is 3.07. The molecule has 0 spiro atoms. The van der Waals surface area contributed by atoms with Crippen LogP contribution in [0.15, 0.2) is 18.2 Å². The first-order chi connectivity index (χ1) is 12.7. The van der Waals surface area contributed by atoms with Crippen molar-refractivity contribution in [2.45, 2.75) is 44.7 Å². The van der Waals surface area contributed by atoms with E-state index in [1.807, 2.05) is 24.0 Å². The third-order valence-electron chi connectivity index (χ3n) is 5.90. The third-order valence-corrected chi connectivity index (χ3v) is 5.90. The van der Waals surface area contributed by atoms with Gasteiger partial charge in [-0.15, -0.1) is 0 Å². The summed E-state index contributed by atoms with van der Waals surface area (Å²) in [6.07, 6.45) is 4.00. The highest BCUT2D eigenvalue weighted by Crippen LogP contribution is 2.34. The van der Waals surface area contributed by atoms with Crippen LogP contribution in [0.4, 0.5) is 5.69 Å². The fourth-order valence-electron chi connectivity index (χ4n) is 4.74. The van der Waals surface area contributed by atoms with Gasteiger partial charge in [0.15, 0.2) is 0 Å². The molecule has 4 rings (SSSR count). The molecule has 1 aromatic carbocycles. The van der Waals surface area contributed by atoms with Crippen LogP contribution in [0.25, 0.3) is 0 Å². The zero-order valence-corrected chi connectivity index (χ0v) is 15.4. The number of hydrogen-bond acceptors (Lipinski definition) is 5. The van der Waals surface area contributed by atoms with Gasteiger partial charge in [0.05, 0.1) is 24.4 Å². The number of carbonyl (C=O) groups excluding carboxylic acids is 2. The predicted octanol–water partition coefficient (Wildman–Crippen LogP) is 1.90. The molecule has 1 amide bonds. The van der Waals surface area contributed by atoms with Gasteiger partial charge >= 0.3 is 5.97 Å². The number of para-hydroxylation sites is 1. The second kappa shape index (κ2) is 7.27. The number of fused-ring (bicyclic) bond motifs is 2. The first-order valence-corrected chi connectivity index (χ1v) is 9.75. The van der Waals surface area contributed by atoms with Crippen molar-refractivity contribution >= 4 is 17.6 Å². The summed E-state index contributed by atoms with van der Waals surface area (Å²) >= 11 is 0. The summed E-state index contributed by atoms with van der Waals surface area (Å²) in [6, 6.07) is 6.53. The van der Waals surface area contributed by atoms with Crippen LogP contribution in [-0.4, -0.2) is 66.5 Å². The standard InChI is InChI=1S/C20H27N3O3/c1-2-26-18(24)13-22-11-8-17-16(22)9-12-23(17)20(25)15-7-3-5-14-6-4-10-21-19(14)15/h3,5,7,16-17,21H,2,4,6,8-13H2,1H3/t16-,17-/m0/s1. The number of anilines is 1. The van der Waals surface area contributed by atoms with Crippen LogP contribution in [0.5, 0.6) is 0 Å². The normalized spacial score (nSPS) is 24.7. The number of amides is 1. The van der Waals surface area contributed by atoms with E-state index in [0.717, 1.165) is 56.6 Å². The Balaban J connectivity index is 1.49. The van der Waals surface area contributed by atoms with Crippen LogP contribution < -0.4 is 5.32 Å². The van der Waals surface area contributed by atoms with E-state index in [4.69, 9.17) is 4.74 Å². The molecule has 6 nitrogen and oxygen atoms in total. The molecule has 6 heteroatoms. The summed E-state index contributed by atoms with van der Waals surface area (Å²) in [5.74, 6) is -0.0407. The summed E-state index contributed by atoms with van der Waals surface area (Å²) < 4.78 is 5.09. The summed E-state index contributed by atoms with van der Waals surface area (Å²) in [7, 11) is 0. The highest BCUT2D eigenvalue weighted by atomic mass is 16.5. The Hall–Kier alpha value is -2.08. The second-order valence-corrected chi connectivity index (χ2v) is 7.36. The highest BCUT2D eigenvalue weighted by Gasteiger charge is 2.45. The van der Waals surface area contributed by atoms with E-state index in [1.165, 1.54) is 5.56 Å². The van der Waals surface area contributed by atoms with Gasteiger partial charge in [-0.05, 0) is 44.2 Å². The highest BCUT2D eigenvalue weighted by molar-refractivity contribution is 6.01. The van der Waals surface area contributed by atoms with Gasteiger partial charge in [0.1, 0.15) is 0 Å². The van der Waals surface area contributed by atoms with Gasteiger partial charge in [0, 0.05) is 31.7 Å². The number of nitrogens with zero attached hydrogens (tertiary/aromatic N) is 2. The van der Waals surface area contributed by atoms with Gasteiger partial charge in [0.2, 0.25) is 0 Å². The molecule has 2 fully saturated rings. The number of aryl methyl sites for hydroxylation is 1. The molecule has 0 saturated carbocycles. The minimum Gasteiger partial charge on any atom is -0.465 e. The number of likely N-dealkylation sites (tertiary alicyclic amines) is 2. The average molecular weight is 357 g/mol. The fraction of sp³-hybridized carbons (Fsp3) is 0.600. The van der Waals surface area contributed by atoms with Crippen molar-refractivity contribution < 1.29 is 14.3 Å². The number of benzene rings is 1. The van der Waals surface area contributed by atoms with E-state index in [9.17, 15) is 9.59 Å². The maximum atomic E-state index is 13.3. The molecule has 2 atom stereocenters. The molecule has 0 unspecified atom stereocenters. The lowest BCUT2D eigenvalue weighted by Gasteiger charge is -2.27. The van der Waals surface area contributed by atoms with Crippen molar-refractivity contribution in [2.75, 3.05) is 38.1 Å². The van der Waals surface area contributed by atoms with E-state index >= 15 is 0 Å². The fourth-order valence-corrected chi connectivity index (χ4v) is 4.74. The molecule has 0 aliphatic carbocycles. The Morgan fingerprint density at radius 3 is 2.92 bits per heavy atom. The molecular formula is C20H27N3O3. The summed E-state index contributed by atoms with van der Waals surface area (Å²) in [5, 5.41) is 3.43. The van der Waals surface area contributed by atoms with Gasteiger partial charge in [-0.25, -0.2) is 0 Å². The first-order valence-electron chi connectivity index (χ1n) is 9.75. The van der Waals surface area contributed by atoms with E-state index in [0.29, 0.717) is 13.2 Å². The van der Waals surface area contributed by atoms with E-state index in [2.05, 4.69) is 16.3 Å². The zero-order valence-electron chi connectivity index (χ0n) is 15.4. The van der Waals surface area contributed by atoms with Crippen molar-refractivity contribution in [1.29, 1.82) is 0 Å². The molecule has 140 valence electrons. The summed E-state index contributed by atoms with van der Waals surface area (Å²) in [6.45, 7) is 5.11. The topological polar surface area (TPSA) is 61.9 Å². The van der Waals surface area contributed by atoms with Crippen LogP contribution >= 0.6 is 0 Å². The van der Waals surface area contributed by atoms with Crippen LogP contribution in [0.3, 0.4) is 0 Å². The number of rotatable bonds is 4. The monoisotopic (exact) mass is 357 g/mol. The van der Waals surface area contributed by atoms with Crippen LogP contribution in [0.1, 0.15) is 42.1 Å². The smallest absolute Gasteiger partial charge is 0.320 e. The van der Waals surface area contributed by atoms with E-state index < -0.39 is 0 Å². The SMILES string of the molecule is CCOC(=O)CN1CC[C@H]2[C@@H]1CCN2C(=O)c1cccc2c1NCCC2. The second-order valence-electron chi connectivity index (χ2n) is 7.36. The zero-order chi connectivity index (χ0) is 18.1. The molecule has 3 aliphatic rings. The molecule has 2 saturated heterocycles. The van der Waals surface area contributed by atoms with Crippen LogP contribution in [-0.2, 0) is 16.0 Å². The quantitative estimate of drug-likeness (QED) is 0.834. The van der Waals surface area contributed by atoms with Crippen molar-refractivity contribution in [3.8, 4) is 0 Å². The van der Waals surface area contributed by atoms with Gasteiger partial charge in [-0.1, -0.05) is 12.1 Å².